The Morgan fingerprint density at radius 1 is 0.929 bits per heavy atom. The average molecular weight is 238 g/mol. The second-order valence-corrected chi connectivity index (χ2v) is 10.0. The van der Waals surface area contributed by atoms with E-state index in [-0.39, 0.29) is 0 Å². The summed E-state index contributed by atoms with van der Waals surface area (Å²) in [4.78, 5) is 0. The van der Waals surface area contributed by atoms with E-state index in [1.54, 1.807) is 0 Å². The Morgan fingerprint density at radius 3 is 1.64 bits per heavy atom. The van der Waals surface area contributed by atoms with Crippen LogP contribution in [-0.4, -0.2) is 21.5 Å². The molecule has 0 saturated carbocycles. The van der Waals surface area contributed by atoms with Gasteiger partial charge in [-0.2, -0.15) is 0 Å². The highest BCUT2D eigenvalue weighted by molar-refractivity contribution is 7.43. The van der Waals surface area contributed by atoms with Gasteiger partial charge >= 0.3 is 8.60 Å². The molecule has 14 heavy (non-hydrogen) atoms. The molecule has 0 N–H and O–H groups in total. The van der Waals surface area contributed by atoms with Gasteiger partial charge in [0.2, 0.25) is 0 Å². The molecule has 0 fully saturated rings. The Labute approximate surface area is 90.3 Å². The number of rotatable bonds is 8. The molecule has 0 aromatic heterocycles. The lowest BCUT2D eigenvalue weighted by Crippen LogP contribution is -2.23. The molecule has 0 spiro atoms. The first kappa shape index (κ1) is 14.5. The first-order valence-electron chi connectivity index (χ1n) is 5.24. The molecule has 3 nitrogen and oxygen atoms in total. The molecule has 86 valence electrons. The van der Waals surface area contributed by atoms with Gasteiger partial charge in [-0.25, -0.2) is 0 Å². The Bertz CT molecular complexity index is 131. The Hall–Kier alpha value is 0.527. The van der Waals surface area contributed by atoms with Crippen molar-refractivity contribution in [2.75, 3.05) is 13.2 Å². The summed E-state index contributed by atoms with van der Waals surface area (Å²) in [5.74, 6) is 0. The quantitative estimate of drug-likeness (QED) is 0.474. The molecule has 0 aromatic carbocycles. The zero-order chi connectivity index (χ0) is 11.0. The third-order valence-corrected chi connectivity index (χ3v) is 4.72. The van der Waals surface area contributed by atoms with E-state index in [1.807, 2.05) is 0 Å². The average Bonchev–Trinajstić information content (AvgIpc) is 2.07. The lowest BCUT2D eigenvalue weighted by atomic mass is 10.5. The normalized spacial score (nSPS) is 12.4. The van der Waals surface area contributed by atoms with E-state index in [1.165, 1.54) is 0 Å². The van der Waals surface area contributed by atoms with E-state index in [0.717, 1.165) is 26.1 Å². The van der Waals surface area contributed by atoms with Crippen LogP contribution in [0.15, 0.2) is 0 Å². The summed E-state index contributed by atoms with van der Waals surface area (Å²) in [5.41, 5.74) is 0. The Balaban J connectivity index is 3.84. The standard InChI is InChI=1S/C9H23O3PSi/c1-6-8-10-13(11-9-7-2)12-14(3,4)5/h6-9H2,1-5H3. The fourth-order valence-electron chi connectivity index (χ4n) is 0.645. The SMILES string of the molecule is CCCOP(OCCC)O[Si](C)(C)C. The number of hydrogen-bond donors (Lipinski definition) is 0. The smallest absolute Gasteiger partial charge is 0.321 e. The maximum atomic E-state index is 5.80. The lowest BCUT2D eigenvalue weighted by molar-refractivity contribution is 0.204. The summed E-state index contributed by atoms with van der Waals surface area (Å²) in [6.07, 6.45) is 2.01. The highest BCUT2D eigenvalue weighted by atomic mass is 31.2. The van der Waals surface area contributed by atoms with Crippen LogP contribution in [0.25, 0.3) is 0 Å². The molecular weight excluding hydrogens is 215 g/mol. The van der Waals surface area contributed by atoms with Crippen LogP contribution in [0.5, 0.6) is 0 Å². The minimum Gasteiger partial charge on any atom is -0.355 e. The molecule has 0 unspecified atom stereocenters. The second-order valence-electron chi connectivity index (χ2n) is 4.09. The summed E-state index contributed by atoms with van der Waals surface area (Å²) in [7, 11) is -2.64. The van der Waals surface area contributed by atoms with Gasteiger partial charge in [-0.3, -0.25) is 0 Å². The van der Waals surface area contributed by atoms with Crippen LogP contribution in [0.2, 0.25) is 19.6 Å². The molecule has 0 aliphatic rings. The van der Waals surface area contributed by atoms with E-state index in [4.69, 9.17) is 13.3 Å². The van der Waals surface area contributed by atoms with Crippen LogP contribution in [-0.2, 0) is 13.3 Å². The van der Waals surface area contributed by atoms with Crippen molar-refractivity contribution in [1.29, 1.82) is 0 Å². The minimum absolute atomic E-state index is 0.722. The zero-order valence-electron chi connectivity index (χ0n) is 10.0. The summed E-state index contributed by atoms with van der Waals surface area (Å²) < 4.78 is 16.9. The van der Waals surface area contributed by atoms with Crippen molar-refractivity contribution >= 4 is 16.9 Å². The van der Waals surface area contributed by atoms with Crippen molar-refractivity contribution in [2.45, 2.75) is 46.3 Å². The Morgan fingerprint density at radius 2 is 1.36 bits per heavy atom. The van der Waals surface area contributed by atoms with Gasteiger partial charge in [0.25, 0.3) is 0 Å². The molecule has 0 aliphatic carbocycles. The first-order valence-corrected chi connectivity index (χ1v) is 9.75. The zero-order valence-corrected chi connectivity index (χ0v) is 11.9. The van der Waals surface area contributed by atoms with E-state index in [0.29, 0.717) is 0 Å². The van der Waals surface area contributed by atoms with Gasteiger partial charge in [0.05, 0.1) is 13.2 Å². The fraction of sp³-hybridized carbons (Fsp3) is 1.00. The van der Waals surface area contributed by atoms with Gasteiger partial charge in [-0.15, -0.1) is 0 Å². The van der Waals surface area contributed by atoms with Gasteiger partial charge < -0.3 is 13.3 Å². The highest BCUT2D eigenvalue weighted by Gasteiger charge is 2.23. The van der Waals surface area contributed by atoms with E-state index < -0.39 is 16.9 Å². The van der Waals surface area contributed by atoms with Crippen molar-refractivity contribution in [2.24, 2.45) is 0 Å². The highest BCUT2D eigenvalue weighted by Crippen LogP contribution is 2.42. The van der Waals surface area contributed by atoms with Crippen LogP contribution < -0.4 is 0 Å². The summed E-state index contributed by atoms with van der Waals surface area (Å²) in [6.45, 7) is 12.1. The topological polar surface area (TPSA) is 27.7 Å². The van der Waals surface area contributed by atoms with E-state index in [2.05, 4.69) is 33.5 Å². The second kappa shape index (κ2) is 7.77. The third kappa shape index (κ3) is 9.10. The minimum atomic E-state index is -1.54. The van der Waals surface area contributed by atoms with Crippen molar-refractivity contribution in [3.8, 4) is 0 Å². The molecule has 0 radical (unpaired) electrons. The van der Waals surface area contributed by atoms with Gasteiger partial charge in [-0.05, 0) is 32.5 Å². The number of hydrogen-bond acceptors (Lipinski definition) is 3. The molecule has 0 amide bonds. The van der Waals surface area contributed by atoms with Crippen LogP contribution in [0, 0.1) is 0 Å². The maximum Gasteiger partial charge on any atom is 0.321 e. The summed E-state index contributed by atoms with van der Waals surface area (Å²) in [6, 6.07) is 0. The maximum absolute atomic E-state index is 5.80. The van der Waals surface area contributed by atoms with E-state index >= 15 is 0 Å². The molecule has 0 aromatic rings. The molecule has 0 heterocycles. The van der Waals surface area contributed by atoms with Crippen molar-refractivity contribution in [1.82, 2.24) is 0 Å². The predicted octanol–water partition coefficient (Wildman–Crippen LogP) is 3.92. The molecule has 5 heteroatoms. The van der Waals surface area contributed by atoms with Crippen LogP contribution >= 0.6 is 8.60 Å². The van der Waals surface area contributed by atoms with Gasteiger partial charge in [-0.1, -0.05) is 13.8 Å². The fourth-order valence-corrected chi connectivity index (χ4v) is 3.59. The van der Waals surface area contributed by atoms with E-state index in [9.17, 15) is 0 Å². The van der Waals surface area contributed by atoms with Crippen molar-refractivity contribution in [3.05, 3.63) is 0 Å². The molecule has 0 bridgehead atoms. The van der Waals surface area contributed by atoms with Crippen molar-refractivity contribution < 1.29 is 13.3 Å². The molecule has 0 saturated heterocycles. The predicted molar refractivity (Wildman–Crippen MR) is 63.8 cm³/mol. The van der Waals surface area contributed by atoms with Gasteiger partial charge in [0, 0.05) is 0 Å². The molecule has 0 atom stereocenters. The van der Waals surface area contributed by atoms with Crippen LogP contribution in [0.3, 0.4) is 0 Å². The van der Waals surface area contributed by atoms with Gasteiger partial charge in [0.1, 0.15) is 0 Å². The van der Waals surface area contributed by atoms with Crippen LogP contribution in [0.1, 0.15) is 26.7 Å². The van der Waals surface area contributed by atoms with Crippen molar-refractivity contribution in [3.63, 3.8) is 0 Å². The monoisotopic (exact) mass is 238 g/mol. The third-order valence-electron chi connectivity index (χ3n) is 1.15. The van der Waals surface area contributed by atoms with Crippen LogP contribution in [0.4, 0.5) is 0 Å². The molecule has 0 aliphatic heterocycles. The summed E-state index contributed by atoms with van der Waals surface area (Å²) >= 11 is 0. The summed E-state index contributed by atoms with van der Waals surface area (Å²) in [5, 5.41) is 0. The van der Waals surface area contributed by atoms with Gasteiger partial charge in [0.15, 0.2) is 8.32 Å². The largest absolute Gasteiger partial charge is 0.355 e. The molecular formula is C9H23O3PSi. The molecule has 0 rings (SSSR count). The first-order chi connectivity index (χ1) is 6.49. The lowest BCUT2D eigenvalue weighted by Gasteiger charge is -2.23. The Kier molecular flexibility index (Phi) is 8.06.